The molecular formula is C30H24F2N2O4. The predicted octanol–water partition coefficient (Wildman–Crippen LogP) is 5.69. The molecule has 3 aromatic carbocycles. The van der Waals surface area contributed by atoms with Crippen molar-refractivity contribution in [1.82, 2.24) is 5.32 Å². The van der Waals surface area contributed by atoms with Crippen LogP contribution in [0.2, 0.25) is 0 Å². The molecule has 2 heterocycles. The number of amides is 1. The lowest BCUT2D eigenvalue weighted by Crippen LogP contribution is -2.37. The van der Waals surface area contributed by atoms with E-state index in [2.05, 4.69) is 10.6 Å². The van der Waals surface area contributed by atoms with Gasteiger partial charge in [-0.05, 0) is 54.7 Å². The number of anilines is 1. The molecule has 0 unspecified atom stereocenters. The van der Waals surface area contributed by atoms with Crippen molar-refractivity contribution in [2.24, 2.45) is 0 Å². The summed E-state index contributed by atoms with van der Waals surface area (Å²) in [5.74, 6) is -1.90. The number of halogens is 2. The standard InChI is InChI=1S/C30H24F2N2O4/c1-16-27(30(36)34-22-9-8-20(31)14-21(22)32)28(18-7-10-25-26(13-18)38-15-37-25)29-23(33-16)11-19(12-24(29)35)17-5-3-2-4-6-17/h2-10,13-14,19,28,33H,11-12,15H2,1H3,(H,34,36)/t19-,28-/m0/s1. The number of hydrogen-bond acceptors (Lipinski definition) is 5. The first-order valence-corrected chi connectivity index (χ1v) is 12.3. The lowest BCUT2D eigenvalue weighted by atomic mass is 9.71. The van der Waals surface area contributed by atoms with Gasteiger partial charge in [0, 0.05) is 40.9 Å². The van der Waals surface area contributed by atoms with E-state index in [1.165, 1.54) is 6.07 Å². The van der Waals surface area contributed by atoms with Gasteiger partial charge >= 0.3 is 0 Å². The van der Waals surface area contributed by atoms with Gasteiger partial charge in [0.2, 0.25) is 6.79 Å². The Labute approximate surface area is 218 Å². The molecule has 0 saturated heterocycles. The molecule has 0 bridgehead atoms. The average Bonchev–Trinajstić information content (AvgIpc) is 3.38. The van der Waals surface area contributed by atoms with Gasteiger partial charge in [0.15, 0.2) is 17.3 Å². The van der Waals surface area contributed by atoms with Crippen LogP contribution in [-0.2, 0) is 9.59 Å². The second-order valence-electron chi connectivity index (χ2n) is 9.62. The van der Waals surface area contributed by atoms with Gasteiger partial charge in [0.1, 0.15) is 11.6 Å². The van der Waals surface area contributed by atoms with Crippen molar-refractivity contribution >= 4 is 17.4 Å². The third-order valence-electron chi connectivity index (χ3n) is 7.25. The Kier molecular flexibility index (Phi) is 5.94. The van der Waals surface area contributed by atoms with Crippen LogP contribution in [0.1, 0.15) is 42.7 Å². The van der Waals surface area contributed by atoms with Crippen LogP contribution in [0.25, 0.3) is 0 Å². The summed E-state index contributed by atoms with van der Waals surface area (Å²) < 4.78 is 38.9. The molecule has 192 valence electrons. The fraction of sp³-hybridized carbons (Fsp3) is 0.200. The lowest BCUT2D eigenvalue weighted by molar-refractivity contribution is -0.116. The zero-order chi connectivity index (χ0) is 26.4. The molecule has 1 amide bonds. The number of carbonyl (C=O) groups is 2. The number of rotatable bonds is 4. The van der Waals surface area contributed by atoms with Gasteiger partial charge in [-0.2, -0.15) is 0 Å². The molecule has 2 aliphatic heterocycles. The van der Waals surface area contributed by atoms with E-state index in [4.69, 9.17) is 9.47 Å². The highest BCUT2D eigenvalue weighted by Crippen LogP contribution is 2.47. The molecule has 38 heavy (non-hydrogen) atoms. The van der Waals surface area contributed by atoms with Gasteiger partial charge in [-0.15, -0.1) is 0 Å². The first kappa shape index (κ1) is 23.9. The molecule has 1 aliphatic carbocycles. The monoisotopic (exact) mass is 514 g/mol. The number of carbonyl (C=O) groups excluding carboxylic acids is 2. The highest BCUT2D eigenvalue weighted by atomic mass is 19.1. The highest BCUT2D eigenvalue weighted by molar-refractivity contribution is 6.10. The Hall–Kier alpha value is -4.46. The van der Waals surface area contributed by atoms with Crippen LogP contribution >= 0.6 is 0 Å². The highest BCUT2D eigenvalue weighted by Gasteiger charge is 2.41. The first-order chi connectivity index (χ1) is 18.4. The largest absolute Gasteiger partial charge is 0.454 e. The molecule has 8 heteroatoms. The maximum atomic E-state index is 14.4. The van der Waals surface area contributed by atoms with E-state index in [0.29, 0.717) is 47.2 Å². The van der Waals surface area contributed by atoms with Crippen molar-refractivity contribution in [3.05, 3.63) is 112 Å². The summed E-state index contributed by atoms with van der Waals surface area (Å²) in [7, 11) is 0. The van der Waals surface area contributed by atoms with Crippen molar-refractivity contribution in [3.8, 4) is 11.5 Å². The zero-order valence-electron chi connectivity index (χ0n) is 20.5. The normalized spacial score (nSPS) is 20.2. The second kappa shape index (κ2) is 9.45. The number of hydrogen-bond donors (Lipinski definition) is 2. The first-order valence-electron chi connectivity index (χ1n) is 12.3. The van der Waals surface area contributed by atoms with Gasteiger partial charge < -0.3 is 20.1 Å². The third-order valence-corrected chi connectivity index (χ3v) is 7.25. The molecule has 0 radical (unpaired) electrons. The van der Waals surface area contributed by atoms with E-state index in [0.717, 1.165) is 17.3 Å². The van der Waals surface area contributed by atoms with E-state index in [-0.39, 0.29) is 29.8 Å². The van der Waals surface area contributed by atoms with Gasteiger partial charge in [-0.3, -0.25) is 9.59 Å². The molecular weight excluding hydrogens is 490 g/mol. The number of allylic oxidation sites excluding steroid dienone is 3. The molecule has 2 atom stereocenters. The van der Waals surface area contributed by atoms with Crippen LogP contribution < -0.4 is 20.1 Å². The van der Waals surface area contributed by atoms with Crippen LogP contribution in [0, 0.1) is 11.6 Å². The van der Waals surface area contributed by atoms with Gasteiger partial charge in [-0.25, -0.2) is 8.78 Å². The topological polar surface area (TPSA) is 76.7 Å². The van der Waals surface area contributed by atoms with E-state index in [9.17, 15) is 18.4 Å². The number of benzene rings is 3. The van der Waals surface area contributed by atoms with Gasteiger partial charge in [0.25, 0.3) is 5.91 Å². The lowest BCUT2D eigenvalue weighted by Gasteiger charge is -2.37. The van der Waals surface area contributed by atoms with E-state index in [1.807, 2.05) is 36.4 Å². The second-order valence-corrected chi connectivity index (χ2v) is 9.62. The third kappa shape index (κ3) is 4.22. The Morgan fingerprint density at radius 1 is 0.947 bits per heavy atom. The molecule has 0 spiro atoms. The minimum atomic E-state index is -0.889. The maximum Gasteiger partial charge on any atom is 0.254 e. The molecule has 2 N–H and O–H groups in total. The summed E-state index contributed by atoms with van der Waals surface area (Å²) >= 11 is 0. The Bertz CT molecular complexity index is 1530. The summed E-state index contributed by atoms with van der Waals surface area (Å²) in [6.07, 6.45) is 0.900. The fourth-order valence-electron chi connectivity index (χ4n) is 5.51. The van der Waals surface area contributed by atoms with Crippen LogP contribution in [0.4, 0.5) is 14.5 Å². The number of dihydropyridines is 1. The predicted molar refractivity (Wildman–Crippen MR) is 137 cm³/mol. The van der Waals surface area contributed by atoms with Crippen molar-refractivity contribution in [2.45, 2.75) is 31.6 Å². The van der Waals surface area contributed by atoms with Crippen LogP contribution in [-0.4, -0.2) is 18.5 Å². The van der Waals surface area contributed by atoms with Crippen molar-refractivity contribution < 1.29 is 27.8 Å². The van der Waals surface area contributed by atoms with E-state index >= 15 is 0 Å². The molecule has 6 nitrogen and oxygen atoms in total. The Morgan fingerprint density at radius 2 is 1.74 bits per heavy atom. The molecule has 0 saturated carbocycles. The summed E-state index contributed by atoms with van der Waals surface area (Å²) in [6.45, 7) is 1.85. The number of nitrogens with one attached hydrogen (secondary N) is 2. The van der Waals surface area contributed by atoms with Gasteiger partial charge in [0.05, 0.1) is 5.69 Å². The van der Waals surface area contributed by atoms with Crippen molar-refractivity contribution in [2.75, 3.05) is 12.1 Å². The number of ketones is 1. The molecule has 3 aromatic rings. The SMILES string of the molecule is CC1=C(C(=O)Nc2ccc(F)cc2F)[C@H](c2ccc3c(c2)OCO3)C2=C(C[C@H](c3ccccc3)CC2=O)N1. The molecule has 3 aliphatic rings. The minimum Gasteiger partial charge on any atom is -0.454 e. The smallest absolute Gasteiger partial charge is 0.254 e. The van der Waals surface area contributed by atoms with Crippen LogP contribution in [0.3, 0.4) is 0 Å². The van der Waals surface area contributed by atoms with Gasteiger partial charge in [-0.1, -0.05) is 36.4 Å². The van der Waals surface area contributed by atoms with Crippen LogP contribution in [0.5, 0.6) is 11.5 Å². The van der Waals surface area contributed by atoms with E-state index in [1.54, 1.807) is 19.1 Å². The maximum absolute atomic E-state index is 14.4. The summed E-state index contributed by atoms with van der Waals surface area (Å²) in [5, 5.41) is 5.88. The molecule has 0 aromatic heterocycles. The summed E-state index contributed by atoms with van der Waals surface area (Å²) in [6, 6.07) is 18.2. The Balaban J connectivity index is 1.43. The number of Topliss-reactive ketones (excluding diaryl/α,β-unsaturated/α-hetero) is 1. The van der Waals surface area contributed by atoms with Crippen LogP contribution in [0.15, 0.2) is 89.3 Å². The molecule has 6 rings (SSSR count). The van der Waals surface area contributed by atoms with E-state index < -0.39 is 23.5 Å². The van der Waals surface area contributed by atoms with Crippen molar-refractivity contribution in [1.29, 1.82) is 0 Å². The molecule has 0 fully saturated rings. The zero-order valence-corrected chi connectivity index (χ0v) is 20.5. The average molecular weight is 515 g/mol. The quantitative estimate of drug-likeness (QED) is 0.468. The number of ether oxygens (including phenoxy) is 2. The summed E-state index contributed by atoms with van der Waals surface area (Å²) in [4.78, 5) is 27.4. The Morgan fingerprint density at radius 3 is 2.53 bits per heavy atom. The van der Waals surface area contributed by atoms with Crippen molar-refractivity contribution in [3.63, 3.8) is 0 Å². The number of fused-ring (bicyclic) bond motifs is 1. The minimum absolute atomic E-state index is 0.00356. The summed E-state index contributed by atoms with van der Waals surface area (Å²) in [5.41, 5.74) is 3.70. The fourth-order valence-corrected chi connectivity index (χ4v) is 5.51.